The van der Waals surface area contributed by atoms with Crippen LogP contribution in [0.3, 0.4) is 0 Å². The fourth-order valence-corrected chi connectivity index (χ4v) is 6.99. The Hall–Kier alpha value is -4.23. The van der Waals surface area contributed by atoms with E-state index < -0.39 is 5.41 Å². The predicted octanol–water partition coefficient (Wildman–Crippen LogP) is 2.26. The lowest BCUT2D eigenvalue weighted by Crippen LogP contribution is -2.50. The average Bonchev–Trinajstić information content (AvgIpc) is 3.70. The summed E-state index contributed by atoms with van der Waals surface area (Å²) >= 11 is 0. The van der Waals surface area contributed by atoms with E-state index in [1.54, 1.807) is 31.1 Å². The summed E-state index contributed by atoms with van der Waals surface area (Å²) in [6.45, 7) is 4.54. The normalized spacial score (nSPS) is 21.0. The molecule has 226 valence electrons. The van der Waals surface area contributed by atoms with Crippen LogP contribution in [-0.4, -0.2) is 73.8 Å². The Morgan fingerprint density at radius 1 is 1.00 bits per heavy atom. The Morgan fingerprint density at radius 2 is 1.58 bits per heavy atom. The zero-order valence-electron chi connectivity index (χ0n) is 25.3. The molecule has 0 bridgehead atoms. The molecule has 1 saturated carbocycles. The highest BCUT2D eigenvalue weighted by Crippen LogP contribution is 2.47. The first kappa shape index (κ1) is 30.2. The number of hydrogen-bond donors (Lipinski definition) is 5. The van der Waals surface area contributed by atoms with Crippen molar-refractivity contribution in [2.24, 2.45) is 5.92 Å². The number of nitrogens with one attached hydrogen (secondary N) is 5. The molecule has 10 nitrogen and oxygen atoms in total. The van der Waals surface area contributed by atoms with Crippen LogP contribution < -0.4 is 21.3 Å². The molecule has 2 fully saturated rings. The highest BCUT2D eigenvalue weighted by molar-refractivity contribution is 5.98. The molecule has 1 unspecified atom stereocenters. The zero-order chi connectivity index (χ0) is 30.9. The molecule has 3 amide bonds. The van der Waals surface area contributed by atoms with Gasteiger partial charge in [-0.25, -0.2) is 0 Å². The van der Waals surface area contributed by atoms with Gasteiger partial charge in [0.2, 0.25) is 5.91 Å². The number of amides is 3. The van der Waals surface area contributed by atoms with Crippen molar-refractivity contribution >= 4 is 23.6 Å². The van der Waals surface area contributed by atoms with Crippen LogP contribution in [0.15, 0.2) is 36.4 Å². The topological polar surface area (TPSA) is 150 Å². The summed E-state index contributed by atoms with van der Waals surface area (Å²) in [6.07, 6.45) is 3.48. The van der Waals surface area contributed by atoms with Crippen molar-refractivity contribution in [2.75, 3.05) is 27.2 Å². The second kappa shape index (κ2) is 12.2. The van der Waals surface area contributed by atoms with Crippen LogP contribution in [0.1, 0.15) is 76.1 Å². The number of piperidine rings is 1. The van der Waals surface area contributed by atoms with Gasteiger partial charge in [0.15, 0.2) is 0 Å². The first-order chi connectivity index (χ1) is 20.6. The quantitative estimate of drug-likeness (QED) is 0.174. The van der Waals surface area contributed by atoms with Gasteiger partial charge in [0, 0.05) is 37.3 Å². The van der Waals surface area contributed by atoms with Crippen molar-refractivity contribution in [3.63, 3.8) is 0 Å². The van der Waals surface area contributed by atoms with E-state index in [1.807, 2.05) is 38.1 Å². The Kier molecular flexibility index (Phi) is 8.56. The molecule has 3 aliphatic rings. The van der Waals surface area contributed by atoms with Gasteiger partial charge in [-0.1, -0.05) is 12.1 Å². The smallest absolute Gasteiger partial charge is 0.251 e. The lowest BCUT2D eigenvalue weighted by molar-refractivity contribution is -0.131. The second-order valence-corrected chi connectivity index (χ2v) is 12.2. The van der Waals surface area contributed by atoms with Gasteiger partial charge in [0.1, 0.15) is 11.9 Å². The molecule has 0 aromatic heterocycles. The molecule has 43 heavy (non-hydrogen) atoms. The van der Waals surface area contributed by atoms with Crippen LogP contribution in [0.2, 0.25) is 0 Å². The molecule has 0 spiro atoms. The van der Waals surface area contributed by atoms with Crippen LogP contribution in [0, 0.1) is 22.7 Å². The summed E-state index contributed by atoms with van der Waals surface area (Å²) in [5.41, 5.74) is 3.99. The summed E-state index contributed by atoms with van der Waals surface area (Å²) in [5, 5.41) is 31.1. The van der Waals surface area contributed by atoms with E-state index >= 15 is 0 Å². The molecule has 10 heteroatoms. The Bertz CT molecular complexity index is 1430. The molecule has 1 heterocycles. The third-order valence-corrected chi connectivity index (χ3v) is 9.13. The molecule has 5 N–H and O–H groups in total. The minimum atomic E-state index is -0.922. The fraction of sp³-hybridized carbons (Fsp3) is 0.485. The van der Waals surface area contributed by atoms with Gasteiger partial charge in [0.05, 0.1) is 18.0 Å². The summed E-state index contributed by atoms with van der Waals surface area (Å²) in [5.74, 6) is 0.363. The summed E-state index contributed by atoms with van der Waals surface area (Å²) in [6, 6.07) is 13.5. The molecule has 2 aliphatic carbocycles. The maximum atomic E-state index is 13.2. The molecule has 1 saturated heterocycles. The van der Waals surface area contributed by atoms with Gasteiger partial charge in [0.25, 0.3) is 11.8 Å². The van der Waals surface area contributed by atoms with Crippen LogP contribution >= 0.6 is 0 Å². The molecular formula is C33H41N7O3. The van der Waals surface area contributed by atoms with Crippen LogP contribution in [0.25, 0.3) is 0 Å². The van der Waals surface area contributed by atoms with Crippen molar-refractivity contribution in [3.8, 4) is 6.07 Å². The molecule has 2 aromatic rings. The number of rotatable bonds is 9. The van der Waals surface area contributed by atoms with E-state index in [4.69, 9.17) is 0 Å². The van der Waals surface area contributed by atoms with Crippen LogP contribution in [-0.2, 0) is 23.1 Å². The number of amidine groups is 1. The Balaban J connectivity index is 1.53. The maximum Gasteiger partial charge on any atom is 0.251 e. The second-order valence-electron chi connectivity index (χ2n) is 12.2. The van der Waals surface area contributed by atoms with Crippen LogP contribution in [0.5, 0.6) is 0 Å². The number of aryl methyl sites for hydroxylation is 2. The molecule has 2 aromatic carbocycles. The lowest BCUT2D eigenvalue weighted by Gasteiger charge is -2.38. The summed E-state index contributed by atoms with van der Waals surface area (Å²) in [4.78, 5) is 40.1. The van der Waals surface area contributed by atoms with Crippen molar-refractivity contribution < 1.29 is 14.4 Å². The fourth-order valence-electron chi connectivity index (χ4n) is 6.99. The highest BCUT2D eigenvalue weighted by Gasteiger charge is 2.54. The standard InChI is InChI=1S/C33H41N7O3/c1-19(2)39-32(35)33(11-12-38-18-29(41)40-25(17-34)15-24-16-28(24)40)26-9-7-22(30(42)36-3)13-20(26)5-6-21-14-23(31(43)37-4)8-10-27(21)33/h7-10,13-14,19,24-25,28,38H,5-6,11-12,15-16,18H2,1-4H3,(H2,35,39)(H,36,42)(H,37,43)/t24-,25?,28+/m1/s1. The van der Waals surface area contributed by atoms with Gasteiger partial charge in [-0.3, -0.25) is 19.8 Å². The Labute approximate surface area is 253 Å². The number of carbonyl (C=O) groups excluding carboxylic acids is 3. The van der Waals surface area contributed by atoms with Crippen molar-refractivity contribution in [1.82, 2.24) is 26.2 Å². The van der Waals surface area contributed by atoms with E-state index in [1.165, 1.54) is 0 Å². The van der Waals surface area contributed by atoms with Gasteiger partial charge < -0.3 is 26.2 Å². The summed E-state index contributed by atoms with van der Waals surface area (Å²) < 4.78 is 0. The number of fused-ring (bicyclic) bond motifs is 3. The number of carbonyl (C=O) groups is 3. The van der Waals surface area contributed by atoms with E-state index in [-0.39, 0.29) is 42.4 Å². The van der Waals surface area contributed by atoms with E-state index in [0.717, 1.165) is 35.1 Å². The maximum absolute atomic E-state index is 13.2. The lowest BCUT2D eigenvalue weighted by atomic mass is 9.68. The van der Waals surface area contributed by atoms with Crippen LogP contribution in [0.4, 0.5) is 0 Å². The molecule has 3 atom stereocenters. The highest BCUT2D eigenvalue weighted by atomic mass is 16.2. The number of likely N-dealkylation sites (tertiary alicyclic amines) is 1. The summed E-state index contributed by atoms with van der Waals surface area (Å²) in [7, 11) is 3.21. The number of hydrogen-bond acceptors (Lipinski definition) is 6. The SMILES string of the molecule is CNC(=O)c1ccc2c(c1)CCc1cc(C(=O)NC)ccc1C2(CCNCC(=O)N1C(C#N)C[C@@H]2C[C@@H]21)C(=N)NC(C)C. The van der Waals surface area contributed by atoms with Crippen molar-refractivity contribution in [1.29, 1.82) is 10.7 Å². The largest absolute Gasteiger partial charge is 0.371 e. The monoisotopic (exact) mass is 583 g/mol. The predicted molar refractivity (Wildman–Crippen MR) is 164 cm³/mol. The first-order valence-electron chi connectivity index (χ1n) is 15.1. The zero-order valence-corrected chi connectivity index (χ0v) is 25.3. The van der Waals surface area contributed by atoms with E-state index in [0.29, 0.717) is 48.7 Å². The minimum Gasteiger partial charge on any atom is -0.371 e. The molecular weight excluding hydrogens is 542 g/mol. The molecule has 1 aliphatic heterocycles. The number of benzene rings is 2. The third kappa shape index (κ3) is 5.62. The first-order valence-corrected chi connectivity index (χ1v) is 15.1. The minimum absolute atomic E-state index is 0.00563. The van der Waals surface area contributed by atoms with Gasteiger partial charge >= 0.3 is 0 Å². The van der Waals surface area contributed by atoms with E-state index in [2.05, 4.69) is 27.3 Å². The van der Waals surface area contributed by atoms with Gasteiger partial charge in [-0.15, -0.1) is 0 Å². The third-order valence-electron chi connectivity index (χ3n) is 9.13. The van der Waals surface area contributed by atoms with E-state index in [9.17, 15) is 25.1 Å². The number of nitrogens with zero attached hydrogens (tertiary/aromatic N) is 2. The molecule has 5 rings (SSSR count). The average molecular weight is 584 g/mol. The van der Waals surface area contributed by atoms with Gasteiger partial charge in [-0.05, 0) is 105 Å². The molecule has 0 radical (unpaired) electrons. The van der Waals surface area contributed by atoms with Gasteiger partial charge in [-0.2, -0.15) is 5.26 Å². The number of nitriles is 1. The Morgan fingerprint density at radius 3 is 2.09 bits per heavy atom. The van der Waals surface area contributed by atoms with Crippen molar-refractivity contribution in [2.45, 2.75) is 69.5 Å². The van der Waals surface area contributed by atoms with Crippen molar-refractivity contribution in [3.05, 3.63) is 69.8 Å².